The highest BCUT2D eigenvalue weighted by molar-refractivity contribution is 5.81. The lowest BCUT2D eigenvalue weighted by molar-refractivity contribution is -0.119. The first kappa shape index (κ1) is 21.7. The molecule has 164 valence electrons. The average Bonchev–Trinajstić information content (AvgIpc) is 2.96. The number of carbonyl (C=O) groups excluding carboxylic acids is 3. The zero-order valence-corrected chi connectivity index (χ0v) is 17.9. The highest BCUT2D eigenvalue weighted by Crippen LogP contribution is 2.31. The van der Waals surface area contributed by atoms with Crippen LogP contribution in [0.3, 0.4) is 0 Å². The van der Waals surface area contributed by atoms with Crippen molar-refractivity contribution >= 4 is 18.0 Å². The van der Waals surface area contributed by atoms with Crippen molar-refractivity contribution in [3.8, 4) is 5.75 Å². The smallest absolute Gasteiger partial charge is 0.317 e. The van der Waals surface area contributed by atoms with Gasteiger partial charge in [0.2, 0.25) is 5.91 Å². The summed E-state index contributed by atoms with van der Waals surface area (Å²) in [5.74, 6) is 0.690. The molecule has 1 aromatic carbocycles. The van der Waals surface area contributed by atoms with E-state index in [4.69, 9.17) is 4.74 Å². The van der Waals surface area contributed by atoms with E-state index in [1.54, 1.807) is 16.9 Å². The summed E-state index contributed by atoms with van der Waals surface area (Å²) in [5, 5.41) is 8.73. The van der Waals surface area contributed by atoms with Crippen molar-refractivity contribution in [3.05, 3.63) is 29.8 Å². The fourth-order valence-electron chi connectivity index (χ4n) is 3.99. The number of hydrogen-bond donors (Lipinski definition) is 3. The zero-order valence-electron chi connectivity index (χ0n) is 17.9. The summed E-state index contributed by atoms with van der Waals surface area (Å²) in [5.41, 5.74) is 0.456. The Kier molecular flexibility index (Phi) is 6.69. The molecule has 0 saturated carbocycles. The third kappa shape index (κ3) is 5.34. The van der Waals surface area contributed by atoms with Crippen LogP contribution < -0.4 is 20.7 Å². The van der Waals surface area contributed by atoms with E-state index in [1.165, 1.54) is 0 Å². The van der Waals surface area contributed by atoms with Crippen molar-refractivity contribution in [2.24, 2.45) is 5.41 Å². The fourth-order valence-corrected chi connectivity index (χ4v) is 3.99. The van der Waals surface area contributed by atoms with Crippen LogP contribution in [0.5, 0.6) is 5.75 Å². The Labute approximate surface area is 177 Å². The largest absolute Gasteiger partial charge is 0.497 e. The average molecular weight is 418 g/mol. The maximum absolute atomic E-state index is 12.9. The number of nitrogens with zero attached hydrogens (tertiary/aromatic N) is 2. The number of methoxy groups -OCH3 is 1. The van der Waals surface area contributed by atoms with Gasteiger partial charge in [0.05, 0.1) is 7.11 Å². The van der Waals surface area contributed by atoms with E-state index in [9.17, 15) is 14.4 Å². The first-order valence-electron chi connectivity index (χ1n) is 10.3. The van der Waals surface area contributed by atoms with Gasteiger partial charge in [-0.15, -0.1) is 0 Å². The molecule has 9 heteroatoms. The van der Waals surface area contributed by atoms with Crippen LogP contribution in [0.15, 0.2) is 24.3 Å². The number of ether oxygens (including phenoxy) is 1. The van der Waals surface area contributed by atoms with Gasteiger partial charge in [-0.25, -0.2) is 9.59 Å². The SMILES string of the molecule is COc1cccc(CNC(=O)N2CCN(C(=O)NC(C)C)C[C@]3(CNC(=O)C3)C2)c1. The van der Waals surface area contributed by atoms with Gasteiger partial charge in [-0.3, -0.25) is 4.79 Å². The van der Waals surface area contributed by atoms with Crippen molar-refractivity contribution in [2.75, 3.05) is 39.8 Å². The lowest BCUT2D eigenvalue weighted by atomic mass is 9.86. The van der Waals surface area contributed by atoms with Gasteiger partial charge < -0.3 is 30.5 Å². The molecule has 1 spiro atoms. The number of rotatable bonds is 4. The fraction of sp³-hybridized carbons (Fsp3) is 0.571. The van der Waals surface area contributed by atoms with Crippen molar-refractivity contribution < 1.29 is 19.1 Å². The molecule has 2 aliphatic heterocycles. The monoisotopic (exact) mass is 417 g/mol. The maximum atomic E-state index is 12.9. The molecule has 0 aromatic heterocycles. The molecule has 2 saturated heterocycles. The molecule has 0 bridgehead atoms. The van der Waals surface area contributed by atoms with E-state index in [2.05, 4.69) is 16.0 Å². The third-order valence-corrected chi connectivity index (χ3v) is 5.45. The van der Waals surface area contributed by atoms with Gasteiger partial charge in [0.25, 0.3) is 0 Å². The van der Waals surface area contributed by atoms with E-state index >= 15 is 0 Å². The first-order valence-corrected chi connectivity index (χ1v) is 10.3. The predicted molar refractivity (Wildman–Crippen MR) is 112 cm³/mol. The summed E-state index contributed by atoms with van der Waals surface area (Å²) in [6.45, 7) is 6.32. The van der Waals surface area contributed by atoms with Gasteiger partial charge in [-0.05, 0) is 31.5 Å². The summed E-state index contributed by atoms with van der Waals surface area (Å²) in [7, 11) is 1.60. The molecule has 2 heterocycles. The maximum Gasteiger partial charge on any atom is 0.317 e. The molecule has 3 rings (SSSR count). The molecule has 2 fully saturated rings. The standard InChI is InChI=1S/C21H31N5O4/c1-15(2)24-20(29)26-8-7-25(13-21(14-26)10-18(27)23-12-21)19(28)22-11-16-5-4-6-17(9-16)30-3/h4-6,9,15H,7-8,10-14H2,1-3H3,(H,22,28)(H,23,27)(H,24,29)/t21-/m1/s1. The van der Waals surface area contributed by atoms with Crippen LogP contribution in [-0.4, -0.2) is 73.6 Å². The second kappa shape index (κ2) is 9.23. The molecule has 5 amide bonds. The Morgan fingerprint density at radius 2 is 1.90 bits per heavy atom. The van der Waals surface area contributed by atoms with Crippen molar-refractivity contribution in [1.29, 1.82) is 0 Å². The summed E-state index contributed by atoms with van der Waals surface area (Å²) in [6.07, 6.45) is 0.304. The normalized spacial score (nSPS) is 21.4. The Bertz CT molecular complexity index is 799. The Morgan fingerprint density at radius 3 is 2.50 bits per heavy atom. The summed E-state index contributed by atoms with van der Waals surface area (Å²) in [4.78, 5) is 40.9. The van der Waals surface area contributed by atoms with Gasteiger partial charge in [0, 0.05) is 57.1 Å². The van der Waals surface area contributed by atoms with Gasteiger partial charge in [0.1, 0.15) is 5.75 Å². The van der Waals surface area contributed by atoms with Crippen molar-refractivity contribution in [1.82, 2.24) is 25.8 Å². The molecule has 0 aliphatic carbocycles. The van der Waals surface area contributed by atoms with E-state index in [0.29, 0.717) is 45.7 Å². The lowest BCUT2D eigenvalue weighted by Gasteiger charge is -2.32. The molecule has 3 N–H and O–H groups in total. The van der Waals surface area contributed by atoms with Crippen LogP contribution >= 0.6 is 0 Å². The van der Waals surface area contributed by atoms with Gasteiger partial charge in [-0.1, -0.05) is 12.1 Å². The minimum atomic E-state index is -0.477. The highest BCUT2D eigenvalue weighted by Gasteiger charge is 2.44. The van der Waals surface area contributed by atoms with Crippen LogP contribution in [-0.2, 0) is 11.3 Å². The second-order valence-corrected chi connectivity index (χ2v) is 8.41. The second-order valence-electron chi connectivity index (χ2n) is 8.41. The van der Waals surface area contributed by atoms with Gasteiger partial charge in [0.15, 0.2) is 0 Å². The first-order chi connectivity index (χ1) is 14.3. The van der Waals surface area contributed by atoms with Gasteiger partial charge in [-0.2, -0.15) is 0 Å². The molecule has 9 nitrogen and oxygen atoms in total. The minimum Gasteiger partial charge on any atom is -0.497 e. The molecule has 1 aromatic rings. The predicted octanol–water partition coefficient (Wildman–Crippen LogP) is 1.15. The van der Waals surface area contributed by atoms with E-state index in [1.807, 2.05) is 38.1 Å². The van der Waals surface area contributed by atoms with Crippen LogP contribution in [0, 0.1) is 5.41 Å². The molecule has 1 atom stereocenters. The van der Waals surface area contributed by atoms with E-state index in [-0.39, 0.29) is 24.0 Å². The summed E-state index contributed by atoms with van der Waals surface area (Å²) < 4.78 is 5.22. The lowest BCUT2D eigenvalue weighted by Crippen LogP contribution is -2.49. The summed E-state index contributed by atoms with van der Waals surface area (Å²) >= 11 is 0. The molecular weight excluding hydrogens is 386 g/mol. The zero-order chi connectivity index (χ0) is 21.7. The van der Waals surface area contributed by atoms with Crippen LogP contribution in [0.1, 0.15) is 25.8 Å². The van der Waals surface area contributed by atoms with E-state index in [0.717, 1.165) is 11.3 Å². The van der Waals surface area contributed by atoms with Crippen LogP contribution in [0.25, 0.3) is 0 Å². The quantitative estimate of drug-likeness (QED) is 0.684. The number of nitrogens with one attached hydrogen (secondary N) is 3. The van der Waals surface area contributed by atoms with E-state index < -0.39 is 5.41 Å². The molecular formula is C21H31N5O4. The number of urea groups is 2. The number of amides is 5. The Hall–Kier alpha value is -2.97. The Balaban J connectivity index is 1.68. The topological polar surface area (TPSA) is 103 Å². The molecule has 0 unspecified atom stereocenters. The molecule has 0 radical (unpaired) electrons. The summed E-state index contributed by atoms with van der Waals surface area (Å²) in [6, 6.07) is 7.17. The number of hydrogen-bond acceptors (Lipinski definition) is 4. The number of benzene rings is 1. The van der Waals surface area contributed by atoms with Crippen LogP contribution in [0.4, 0.5) is 9.59 Å². The van der Waals surface area contributed by atoms with Gasteiger partial charge >= 0.3 is 12.1 Å². The molecule has 30 heavy (non-hydrogen) atoms. The highest BCUT2D eigenvalue weighted by atomic mass is 16.5. The number of carbonyl (C=O) groups is 3. The third-order valence-electron chi connectivity index (χ3n) is 5.45. The molecule has 2 aliphatic rings. The van der Waals surface area contributed by atoms with Crippen molar-refractivity contribution in [3.63, 3.8) is 0 Å². The minimum absolute atomic E-state index is 0.0160. The Morgan fingerprint density at radius 1 is 1.20 bits per heavy atom. The van der Waals surface area contributed by atoms with Crippen molar-refractivity contribution in [2.45, 2.75) is 32.9 Å². The van der Waals surface area contributed by atoms with Crippen LogP contribution in [0.2, 0.25) is 0 Å².